The molecular weight excluding hydrogens is 320 g/mol. The molecule has 0 aromatic heterocycles. The summed E-state index contributed by atoms with van der Waals surface area (Å²) in [5, 5.41) is 2.59. The van der Waals surface area contributed by atoms with E-state index in [2.05, 4.69) is 88.7 Å². The molecule has 102 valence electrons. The average molecular weight is 335 g/mol. The van der Waals surface area contributed by atoms with Gasteiger partial charge in [-0.25, -0.2) is 0 Å². The lowest BCUT2D eigenvalue weighted by Gasteiger charge is -2.16. The largest absolute Gasteiger partial charge is 0.0842 e. The third-order valence-corrected chi connectivity index (χ3v) is 4.76. The maximum absolute atomic E-state index is 3.66. The van der Waals surface area contributed by atoms with Crippen LogP contribution in [0.3, 0.4) is 0 Å². The first kappa shape index (κ1) is 12.8. The number of hydrogen-bond donors (Lipinski definition) is 0. The second-order valence-electron chi connectivity index (χ2n) is 5.55. The maximum atomic E-state index is 3.66. The van der Waals surface area contributed by atoms with Crippen LogP contribution >= 0.6 is 15.9 Å². The second kappa shape index (κ2) is 5.16. The van der Waals surface area contributed by atoms with Crippen molar-refractivity contribution in [3.05, 3.63) is 77.9 Å². The van der Waals surface area contributed by atoms with Gasteiger partial charge in [-0.3, -0.25) is 0 Å². The molecule has 1 aliphatic rings. The predicted octanol–water partition coefficient (Wildman–Crippen LogP) is 5.84. The zero-order chi connectivity index (χ0) is 14.2. The van der Waals surface area contributed by atoms with Crippen molar-refractivity contribution in [2.24, 2.45) is 0 Å². The number of allylic oxidation sites excluding steroid dienone is 1. The first-order valence-electron chi connectivity index (χ1n) is 7.24. The van der Waals surface area contributed by atoms with Crippen molar-refractivity contribution < 1.29 is 0 Å². The van der Waals surface area contributed by atoms with Crippen molar-refractivity contribution in [1.29, 1.82) is 0 Å². The number of alkyl halides is 1. The number of halogens is 1. The van der Waals surface area contributed by atoms with Gasteiger partial charge in [0.15, 0.2) is 0 Å². The molecule has 4 rings (SSSR count). The van der Waals surface area contributed by atoms with Gasteiger partial charge < -0.3 is 0 Å². The fourth-order valence-electron chi connectivity index (χ4n) is 2.97. The molecule has 3 aromatic rings. The molecule has 21 heavy (non-hydrogen) atoms. The minimum atomic E-state index is 0.469. The Morgan fingerprint density at radius 3 is 2.48 bits per heavy atom. The fourth-order valence-corrected chi connectivity index (χ4v) is 3.47. The Balaban J connectivity index is 1.81. The van der Waals surface area contributed by atoms with E-state index in [4.69, 9.17) is 0 Å². The summed E-state index contributed by atoms with van der Waals surface area (Å²) < 4.78 is 0. The smallest absolute Gasteiger partial charge is 0.0369 e. The SMILES string of the molecule is BrC1C=Cc2cc(-c3ccc4ccccc4c3)ccc2C1. The maximum Gasteiger partial charge on any atom is 0.0369 e. The van der Waals surface area contributed by atoms with Crippen LogP contribution in [0.1, 0.15) is 11.1 Å². The lowest BCUT2D eigenvalue weighted by atomic mass is 9.92. The van der Waals surface area contributed by atoms with Gasteiger partial charge in [-0.15, -0.1) is 0 Å². The third kappa shape index (κ3) is 2.43. The lowest BCUT2D eigenvalue weighted by molar-refractivity contribution is 1.02. The van der Waals surface area contributed by atoms with Gasteiger partial charge in [-0.1, -0.05) is 76.6 Å². The van der Waals surface area contributed by atoms with E-state index < -0.39 is 0 Å². The summed E-state index contributed by atoms with van der Waals surface area (Å²) in [5.74, 6) is 0. The molecule has 0 saturated carbocycles. The molecule has 0 heterocycles. The van der Waals surface area contributed by atoms with Crippen LogP contribution in [0.4, 0.5) is 0 Å². The van der Waals surface area contributed by atoms with Crippen LogP contribution < -0.4 is 0 Å². The highest BCUT2D eigenvalue weighted by atomic mass is 79.9. The fraction of sp³-hybridized carbons (Fsp3) is 0.100. The highest BCUT2D eigenvalue weighted by Crippen LogP contribution is 2.30. The standard InChI is InChI=1S/C20H15Br/c21-20-10-9-18-12-17(7-8-19(18)13-20)16-6-5-14-3-1-2-4-15(14)11-16/h1-12,20H,13H2. The van der Waals surface area contributed by atoms with Gasteiger partial charge in [0.2, 0.25) is 0 Å². The third-order valence-electron chi connectivity index (χ3n) is 4.13. The Morgan fingerprint density at radius 2 is 1.57 bits per heavy atom. The van der Waals surface area contributed by atoms with Crippen LogP contribution in [-0.4, -0.2) is 4.83 Å². The molecule has 0 N–H and O–H groups in total. The van der Waals surface area contributed by atoms with Gasteiger partial charge in [0.1, 0.15) is 0 Å². The van der Waals surface area contributed by atoms with E-state index in [0.717, 1.165) is 6.42 Å². The highest BCUT2D eigenvalue weighted by Gasteiger charge is 2.11. The monoisotopic (exact) mass is 334 g/mol. The van der Waals surface area contributed by atoms with Gasteiger partial charge >= 0.3 is 0 Å². The molecule has 1 atom stereocenters. The van der Waals surface area contributed by atoms with Gasteiger partial charge in [0.05, 0.1) is 0 Å². The zero-order valence-electron chi connectivity index (χ0n) is 11.6. The molecule has 0 spiro atoms. The van der Waals surface area contributed by atoms with E-state index in [1.807, 2.05) is 0 Å². The molecule has 0 bridgehead atoms. The summed E-state index contributed by atoms with van der Waals surface area (Å²) >= 11 is 3.66. The van der Waals surface area contributed by atoms with E-state index >= 15 is 0 Å². The number of rotatable bonds is 1. The van der Waals surface area contributed by atoms with E-state index in [-0.39, 0.29) is 0 Å². The van der Waals surface area contributed by atoms with Crippen molar-refractivity contribution in [1.82, 2.24) is 0 Å². The number of hydrogen-bond acceptors (Lipinski definition) is 0. The molecule has 0 fully saturated rings. The molecule has 1 aliphatic carbocycles. The second-order valence-corrected chi connectivity index (χ2v) is 6.73. The number of fused-ring (bicyclic) bond motifs is 2. The Kier molecular flexibility index (Phi) is 3.16. The van der Waals surface area contributed by atoms with Gasteiger partial charge in [0, 0.05) is 4.83 Å². The summed E-state index contributed by atoms with van der Waals surface area (Å²) in [6, 6.07) is 22.0. The Labute approximate surface area is 133 Å². The van der Waals surface area contributed by atoms with Crippen LogP contribution in [0.25, 0.3) is 28.0 Å². The molecule has 3 aromatic carbocycles. The predicted molar refractivity (Wildman–Crippen MR) is 94.8 cm³/mol. The molecule has 0 radical (unpaired) electrons. The van der Waals surface area contributed by atoms with Crippen molar-refractivity contribution in [3.63, 3.8) is 0 Å². The highest BCUT2D eigenvalue weighted by molar-refractivity contribution is 9.09. The minimum absolute atomic E-state index is 0.469. The molecule has 1 unspecified atom stereocenters. The van der Waals surface area contributed by atoms with Crippen LogP contribution in [0.5, 0.6) is 0 Å². The van der Waals surface area contributed by atoms with Gasteiger partial charge in [-0.05, 0) is 51.6 Å². The summed E-state index contributed by atoms with van der Waals surface area (Å²) in [6.07, 6.45) is 5.53. The molecule has 0 amide bonds. The summed E-state index contributed by atoms with van der Waals surface area (Å²) in [4.78, 5) is 0.469. The zero-order valence-corrected chi connectivity index (χ0v) is 13.2. The molecule has 0 nitrogen and oxygen atoms in total. The van der Waals surface area contributed by atoms with Crippen molar-refractivity contribution in [3.8, 4) is 11.1 Å². The molecule has 0 saturated heterocycles. The molecular formula is C20H15Br. The van der Waals surface area contributed by atoms with E-state index in [1.54, 1.807) is 0 Å². The van der Waals surface area contributed by atoms with Crippen molar-refractivity contribution >= 4 is 32.8 Å². The van der Waals surface area contributed by atoms with Crippen LogP contribution in [0, 0.1) is 0 Å². The summed E-state index contributed by atoms with van der Waals surface area (Å²) in [7, 11) is 0. The van der Waals surface area contributed by atoms with Gasteiger partial charge in [0.25, 0.3) is 0 Å². The first-order valence-corrected chi connectivity index (χ1v) is 8.15. The van der Waals surface area contributed by atoms with Crippen LogP contribution in [0.2, 0.25) is 0 Å². The normalized spacial score (nSPS) is 16.9. The Morgan fingerprint density at radius 1 is 0.810 bits per heavy atom. The summed E-state index contributed by atoms with van der Waals surface area (Å²) in [6.45, 7) is 0. The van der Waals surface area contributed by atoms with E-state index in [0.29, 0.717) is 4.83 Å². The average Bonchev–Trinajstić information content (AvgIpc) is 2.54. The lowest BCUT2D eigenvalue weighted by Crippen LogP contribution is -2.05. The van der Waals surface area contributed by atoms with E-state index in [9.17, 15) is 0 Å². The topological polar surface area (TPSA) is 0 Å². The Bertz CT molecular complexity index is 845. The Hall–Kier alpha value is -1.86. The van der Waals surface area contributed by atoms with Crippen molar-refractivity contribution in [2.45, 2.75) is 11.2 Å². The molecule has 1 heteroatoms. The minimum Gasteiger partial charge on any atom is -0.0842 e. The number of benzene rings is 3. The quantitative estimate of drug-likeness (QED) is 0.490. The molecule has 0 aliphatic heterocycles. The van der Waals surface area contributed by atoms with Crippen LogP contribution in [0.15, 0.2) is 66.7 Å². The van der Waals surface area contributed by atoms with Gasteiger partial charge in [-0.2, -0.15) is 0 Å². The van der Waals surface area contributed by atoms with Crippen LogP contribution in [-0.2, 0) is 6.42 Å². The first-order chi connectivity index (χ1) is 10.3. The van der Waals surface area contributed by atoms with Crippen molar-refractivity contribution in [2.75, 3.05) is 0 Å². The summed E-state index contributed by atoms with van der Waals surface area (Å²) in [5.41, 5.74) is 5.34. The van der Waals surface area contributed by atoms with E-state index in [1.165, 1.54) is 33.0 Å².